The number of amides is 1. The molecule has 1 heterocycles. The van der Waals surface area contributed by atoms with Gasteiger partial charge in [-0.15, -0.1) is 0 Å². The molecule has 4 N–H and O–H groups in total. The summed E-state index contributed by atoms with van der Waals surface area (Å²) in [7, 11) is 1.66. The normalized spacial score (nSPS) is 10.3. The Labute approximate surface area is 144 Å². The Morgan fingerprint density at radius 1 is 1.08 bits per heavy atom. The topological polar surface area (TPSA) is 104 Å². The van der Waals surface area contributed by atoms with Gasteiger partial charge < -0.3 is 21.1 Å². The van der Waals surface area contributed by atoms with E-state index in [0.29, 0.717) is 5.69 Å². The summed E-state index contributed by atoms with van der Waals surface area (Å²) < 4.78 is 0. The number of rotatable bonds is 4. The largest absolute Gasteiger partial charge is 0.506 e. The minimum Gasteiger partial charge on any atom is -0.506 e. The molecular formula is C18H17N5O2. The van der Waals surface area contributed by atoms with Crippen LogP contribution in [0.25, 0.3) is 0 Å². The third-order valence-corrected chi connectivity index (χ3v) is 3.56. The number of nitrogens with one attached hydrogen (secondary N) is 1. The summed E-state index contributed by atoms with van der Waals surface area (Å²) in [4.78, 5) is 22.4. The standard InChI is InChI=1S/C18H17N5O2/c1-23(12-7-3-2-4-8-12)17(25)14-11-16(19)22-18(21-14)20-13-9-5-6-10-15(13)24/h2-11,24H,1H3,(H3,19,20,21,22). The number of benzene rings is 2. The van der Waals surface area contributed by atoms with Crippen LogP contribution in [-0.2, 0) is 0 Å². The lowest BCUT2D eigenvalue weighted by Crippen LogP contribution is -2.27. The van der Waals surface area contributed by atoms with Gasteiger partial charge in [-0.3, -0.25) is 4.79 Å². The van der Waals surface area contributed by atoms with E-state index in [2.05, 4.69) is 15.3 Å². The van der Waals surface area contributed by atoms with Crippen molar-refractivity contribution in [3.05, 3.63) is 66.4 Å². The number of phenolic OH excluding ortho intramolecular Hbond substituents is 1. The van der Waals surface area contributed by atoms with E-state index in [4.69, 9.17) is 5.73 Å². The highest BCUT2D eigenvalue weighted by molar-refractivity contribution is 6.04. The van der Waals surface area contributed by atoms with Crippen molar-refractivity contribution in [1.29, 1.82) is 0 Å². The number of aromatic nitrogens is 2. The molecule has 0 saturated carbocycles. The molecule has 0 radical (unpaired) electrons. The van der Waals surface area contributed by atoms with Crippen molar-refractivity contribution in [2.45, 2.75) is 0 Å². The Kier molecular flexibility index (Phi) is 4.47. The third-order valence-electron chi connectivity index (χ3n) is 3.56. The summed E-state index contributed by atoms with van der Waals surface area (Å²) in [6.07, 6.45) is 0. The van der Waals surface area contributed by atoms with E-state index in [0.717, 1.165) is 5.69 Å². The van der Waals surface area contributed by atoms with Crippen LogP contribution < -0.4 is 16.0 Å². The van der Waals surface area contributed by atoms with Crippen LogP contribution in [0.4, 0.5) is 23.1 Å². The number of carbonyl (C=O) groups excluding carboxylic acids is 1. The van der Waals surface area contributed by atoms with E-state index in [-0.39, 0.29) is 29.1 Å². The molecule has 3 rings (SSSR count). The smallest absolute Gasteiger partial charge is 0.276 e. The number of aromatic hydroxyl groups is 1. The van der Waals surface area contributed by atoms with Crippen molar-refractivity contribution in [3.8, 4) is 5.75 Å². The zero-order chi connectivity index (χ0) is 17.8. The molecule has 1 amide bonds. The van der Waals surface area contributed by atoms with Gasteiger partial charge in [-0.25, -0.2) is 4.98 Å². The molecule has 7 nitrogen and oxygen atoms in total. The number of anilines is 4. The number of nitrogens with zero attached hydrogens (tertiary/aromatic N) is 3. The lowest BCUT2D eigenvalue weighted by molar-refractivity contribution is 0.0988. The van der Waals surface area contributed by atoms with Crippen LogP contribution in [0.1, 0.15) is 10.5 Å². The van der Waals surface area contributed by atoms with Crippen LogP contribution in [0.5, 0.6) is 5.75 Å². The number of para-hydroxylation sites is 3. The molecule has 3 aromatic rings. The van der Waals surface area contributed by atoms with Crippen LogP contribution in [0.3, 0.4) is 0 Å². The zero-order valence-electron chi connectivity index (χ0n) is 13.5. The molecule has 0 bridgehead atoms. The molecule has 7 heteroatoms. The Bertz CT molecular complexity index is 899. The van der Waals surface area contributed by atoms with Crippen LogP contribution in [0.15, 0.2) is 60.7 Å². The number of hydrogen-bond donors (Lipinski definition) is 3. The zero-order valence-corrected chi connectivity index (χ0v) is 13.5. The van der Waals surface area contributed by atoms with Crippen molar-refractivity contribution in [2.75, 3.05) is 23.0 Å². The Morgan fingerprint density at radius 2 is 1.76 bits per heavy atom. The maximum absolute atomic E-state index is 12.7. The van der Waals surface area contributed by atoms with Gasteiger partial charge in [-0.1, -0.05) is 30.3 Å². The van der Waals surface area contributed by atoms with E-state index in [9.17, 15) is 9.90 Å². The lowest BCUT2D eigenvalue weighted by Gasteiger charge is -2.17. The molecule has 126 valence electrons. The first kappa shape index (κ1) is 16.3. The van der Waals surface area contributed by atoms with E-state index in [1.54, 1.807) is 25.2 Å². The fourth-order valence-electron chi connectivity index (χ4n) is 2.27. The second kappa shape index (κ2) is 6.88. The second-order valence-corrected chi connectivity index (χ2v) is 5.34. The highest BCUT2D eigenvalue weighted by Crippen LogP contribution is 2.25. The molecule has 0 unspecified atom stereocenters. The number of carbonyl (C=O) groups is 1. The minimum absolute atomic E-state index is 0.0443. The first-order chi connectivity index (χ1) is 12.0. The van der Waals surface area contributed by atoms with Gasteiger partial charge in [0, 0.05) is 18.8 Å². The van der Waals surface area contributed by atoms with Crippen LogP contribution >= 0.6 is 0 Å². The predicted molar refractivity (Wildman–Crippen MR) is 97.0 cm³/mol. The quantitative estimate of drug-likeness (QED) is 0.633. The van der Waals surface area contributed by atoms with Gasteiger partial charge in [-0.05, 0) is 24.3 Å². The Hall–Kier alpha value is -3.61. The van der Waals surface area contributed by atoms with E-state index < -0.39 is 0 Å². The van der Waals surface area contributed by atoms with Gasteiger partial charge in [0.1, 0.15) is 17.3 Å². The van der Waals surface area contributed by atoms with Crippen molar-refractivity contribution in [3.63, 3.8) is 0 Å². The number of phenols is 1. The van der Waals surface area contributed by atoms with Gasteiger partial charge in [0.25, 0.3) is 5.91 Å². The first-order valence-corrected chi connectivity index (χ1v) is 7.57. The molecule has 25 heavy (non-hydrogen) atoms. The van der Waals surface area contributed by atoms with Crippen LogP contribution in [0.2, 0.25) is 0 Å². The molecule has 1 aromatic heterocycles. The molecule has 0 atom stereocenters. The van der Waals surface area contributed by atoms with Crippen molar-refractivity contribution in [1.82, 2.24) is 9.97 Å². The van der Waals surface area contributed by atoms with Gasteiger partial charge in [0.2, 0.25) is 5.95 Å². The monoisotopic (exact) mass is 335 g/mol. The van der Waals surface area contributed by atoms with Crippen LogP contribution in [-0.4, -0.2) is 28.0 Å². The SMILES string of the molecule is CN(C(=O)c1cc(N)nc(Nc2ccccc2O)n1)c1ccccc1. The third kappa shape index (κ3) is 3.66. The van der Waals surface area contributed by atoms with Crippen molar-refractivity contribution in [2.24, 2.45) is 0 Å². The fourth-order valence-corrected chi connectivity index (χ4v) is 2.27. The van der Waals surface area contributed by atoms with Gasteiger partial charge in [0.05, 0.1) is 5.69 Å². The van der Waals surface area contributed by atoms with Crippen molar-refractivity contribution >= 4 is 29.0 Å². The summed E-state index contributed by atoms with van der Waals surface area (Å²) in [5.74, 6) is 0.00693. The Balaban J connectivity index is 1.89. The number of hydrogen-bond acceptors (Lipinski definition) is 6. The first-order valence-electron chi connectivity index (χ1n) is 7.57. The van der Waals surface area contributed by atoms with Crippen molar-refractivity contribution < 1.29 is 9.90 Å². The molecule has 0 aliphatic carbocycles. The van der Waals surface area contributed by atoms with Gasteiger partial charge in [-0.2, -0.15) is 4.98 Å². The van der Waals surface area contributed by atoms with Crippen LogP contribution in [0, 0.1) is 0 Å². The summed E-state index contributed by atoms with van der Waals surface area (Å²) in [6, 6.07) is 17.3. The molecular weight excluding hydrogens is 318 g/mol. The molecule has 0 fully saturated rings. The summed E-state index contributed by atoms with van der Waals surface area (Å²) in [5.41, 5.74) is 7.11. The molecule has 0 aliphatic heterocycles. The van der Waals surface area contributed by atoms with E-state index in [1.165, 1.54) is 17.0 Å². The molecule has 0 spiro atoms. The highest BCUT2D eigenvalue weighted by atomic mass is 16.3. The second-order valence-electron chi connectivity index (χ2n) is 5.34. The molecule has 0 aliphatic rings. The fraction of sp³-hybridized carbons (Fsp3) is 0.0556. The Morgan fingerprint density at radius 3 is 2.48 bits per heavy atom. The molecule has 0 saturated heterocycles. The van der Waals surface area contributed by atoms with E-state index in [1.807, 2.05) is 30.3 Å². The maximum atomic E-state index is 12.7. The van der Waals surface area contributed by atoms with E-state index >= 15 is 0 Å². The molecule has 2 aromatic carbocycles. The maximum Gasteiger partial charge on any atom is 0.276 e. The van der Waals surface area contributed by atoms with Gasteiger partial charge in [0.15, 0.2) is 0 Å². The average Bonchev–Trinajstić information content (AvgIpc) is 2.62. The summed E-state index contributed by atoms with van der Waals surface area (Å²) >= 11 is 0. The minimum atomic E-state index is -0.319. The summed E-state index contributed by atoms with van der Waals surface area (Å²) in [5, 5.41) is 12.7. The lowest BCUT2D eigenvalue weighted by atomic mass is 10.2. The number of nitrogen functional groups attached to an aromatic ring is 1. The predicted octanol–water partition coefficient (Wildman–Crippen LogP) is 2.78. The average molecular weight is 335 g/mol. The summed E-state index contributed by atoms with van der Waals surface area (Å²) in [6.45, 7) is 0. The highest BCUT2D eigenvalue weighted by Gasteiger charge is 2.17. The number of nitrogens with two attached hydrogens (primary N) is 1. The van der Waals surface area contributed by atoms with Gasteiger partial charge >= 0.3 is 0 Å².